The quantitative estimate of drug-likeness (QED) is 0.268. The first-order valence-corrected chi connectivity index (χ1v) is 14.8. The van der Waals surface area contributed by atoms with Crippen molar-refractivity contribution >= 4 is 35.0 Å². The molecule has 0 saturated heterocycles. The van der Waals surface area contributed by atoms with Gasteiger partial charge in [-0.15, -0.1) is 11.3 Å². The molecule has 0 spiro atoms. The van der Waals surface area contributed by atoms with Gasteiger partial charge in [-0.1, -0.05) is 44.2 Å². The largest absolute Gasteiger partial charge is 0.506 e. The first kappa shape index (κ1) is 30.4. The lowest BCUT2D eigenvalue weighted by Gasteiger charge is -2.25. The maximum Gasteiger partial charge on any atom is 0.273 e. The molecule has 4 amide bonds. The lowest BCUT2D eigenvalue weighted by atomic mass is 10.0. The molecule has 0 saturated carbocycles. The van der Waals surface area contributed by atoms with Gasteiger partial charge < -0.3 is 30.4 Å². The van der Waals surface area contributed by atoms with Crippen LogP contribution in [0.4, 0.5) is 0 Å². The first-order valence-electron chi connectivity index (χ1n) is 14.0. The third kappa shape index (κ3) is 7.26. The number of aromatic hydroxyl groups is 1. The molecule has 14 heteroatoms. The van der Waals surface area contributed by atoms with Gasteiger partial charge >= 0.3 is 0 Å². The molecule has 1 aliphatic heterocycles. The van der Waals surface area contributed by atoms with Gasteiger partial charge in [-0.25, -0.2) is 15.0 Å². The molecular formula is C30H31N7O6S. The number of rotatable bonds is 4. The van der Waals surface area contributed by atoms with E-state index >= 15 is 0 Å². The van der Waals surface area contributed by atoms with Crippen LogP contribution in [0.25, 0.3) is 0 Å². The number of pyridine rings is 1. The van der Waals surface area contributed by atoms with Crippen LogP contribution in [0.2, 0.25) is 0 Å². The van der Waals surface area contributed by atoms with Crippen LogP contribution < -0.4 is 16.0 Å². The minimum absolute atomic E-state index is 0.00818. The summed E-state index contributed by atoms with van der Waals surface area (Å²) in [6.45, 7) is 3.45. The van der Waals surface area contributed by atoms with Crippen molar-refractivity contribution < 1.29 is 28.7 Å². The number of thiazole rings is 1. The molecule has 4 aromatic rings. The van der Waals surface area contributed by atoms with Gasteiger partial charge in [0.15, 0.2) is 5.69 Å². The molecule has 0 unspecified atom stereocenters. The number of nitrogens with zero attached hydrogens (tertiary/aromatic N) is 4. The normalized spacial score (nSPS) is 18.2. The van der Waals surface area contributed by atoms with E-state index in [2.05, 4.69) is 30.9 Å². The topological polar surface area (TPSA) is 180 Å². The lowest BCUT2D eigenvalue weighted by molar-refractivity contribution is -0.122. The Labute approximate surface area is 256 Å². The standard InChI is InChI=1S/C30H31N7O6S/c1-17(2)25-29-35-23(16-44-29)27(41)33-21(12-18-6-4-3-5-7-18)28-34-22(15-43-28)26(40)31-10-11-37(14-24(39)36-25)30(42)20-9-8-19(38)13-32-20/h3-9,13,15-17,21,25,38H,10-12,14H2,1-2H3,(H,31,40)(H,33,41)(H,36,39)/t21-,25-/m0/s1. The molecule has 0 aliphatic carbocycles. The van der Waals surface area contributed by atoms with Gasteiger partial charge in [0.25, 0.3) is 17.7 Å². The van der Waals surface area contributed by atoms with E-state index in [4.69, 9.17) is 4.42 Å². The average Bonchev–Trinajstić information content (AvgIpc) is 3.70. The fraction of sp³-hybridized carbons (Fsp3) is 0.300. The molecule has 4 N–H and O–H groups in total. The van der Waals surface area contributed by atoms with Crippen LogP contribution in [0, 0.1) is 5.92 Å². The zero-order chi connectivity index (χ0) is 31.2. The van der Waals surface area contributed by atoms with Crippen molar-refractivity contribution in [3.05, 3.63) is 93.8 Å². The van der Waals surface area contributed by atoms with Gasteiger partial charge in [-0.3, -0.25) is 19.2 Å². The van der Waals surface area contributed by atoms with E-state index in [1.165, 1.54) is 34.6 Å². The van der Waals surface area contributed by atoms with Crippen LogP contribution in [0.15, 0.2) is 64.7 Å². The van der Waals surface area contributed by atoms with Gasteiger partial charge in [-0.2, -0.15) is 0 Å². The number of hydrogen-bond donors (Lipinski definition) is 4. The second-order valence-electron chi connectivity index (χ2n) is 10.5. The van der Waals surface area contributed by atoms with E-state index in [1.807, 2.05) is 44.2 Å². The van der Waals surface area contributed by atoms with E-state index in [-0.39, 0.29) is 54.3 Å². The van der Waals surface area contributed by atoms with Crippen LogP contribution in [0.5, 0.6) is 5.75 Å². The van der Waals surface area contributed by atoms with Crippen molar-refractivity contribution in [2.75, 3.05) is 19.6 Å². The highest BCUT2D eigenvalue weighted by Gasteiger charge is 2.28. The Morgan fingerprint density at radius 1 is 1.07 bits per heavy atom. The third-order valence-corrected chi connectivity index (χ3v) is 7.83. The summed E-state index contributed by atoms with van der Waals surface area (Å²) in [5, 5.41) is 20.3. The number of amides is 4. The van der Waals surface area contributed by atoms with E-state index in [1.54, 1.807) is 5.38 Å². The molecule has 3 aromatic heterocycles. The Morgan fingerprint density at radius 3 is 2.59 bits per heavy atom. The third-order valence-electron chi connectivity index (χ3n) is 6.90. The second-order valence-corrected chi connectivity index (χ2v) is 11.4. The Morgan fingerprint density at radius 2 is 1.86 bits per heavy atom. The fourth-order valence-electron chi connectivity index (χ4n) is 4.60. The number of benzene rings is 1. The van der Waals surface area contributed by atoms with Crippen molar-refractivity contribution in [1.82, 2.24) is 35.8 Å². The average molecular weight is 618 g/mol. The van der Waals surface area contributed by atoms with Crippen molar-refractivity contribution in [3.8, 4) is 5.75 Å². The molecule has 13 nitrogen and oxygen atoms in total. The zero-order valence-corrected chi connectivity index (χ0v) is 24.8. The summed E-state index contributed by atoms with van der Waals surface area (Å²) in [4.78, 5) is 67.0. The Hall–Kier alpha value is -5.11. The fourth-order valence-corrected chi connectivity index (χ4v) is 5.62. The van der Waals surface area contributed by atoms with Gasteiger partial charge in [0.2, 0.25) is 11.8 Å². The zero-order valence-electron chi connectivity index (χ0n) is 24.0. The van der Waals surface area contributed by atoms with Gasteiger partial charge in [0.1, 0.15) is 34.4 Å². The highest BCUT2D eigenvalue weighted by Crippen LogP contribution is 2.26. The van der Waals surface area contributed by atoms with Crippen molar-refractivity contribution in [1.29, 1.82) is 0 Å². The van der Waals surface area contributed by atoms with Crippen LogP contribution >= 0.6 is 11.3 Å². The van der Waals surface area contributed by atoms with E-state index in [0.717, 1.165) is 11.8 Å². The number of oxazole rings is 1. The Balaban J connectivity index is 1.47. The summed E-state index contributed by atoms with van der Waals surface area (Å²) in [5.41, 5.74) is 1.08. The smallest absolute Gasteiger partial charge is 0.273 e. The van der Waals surface area contributed by atoms with E-state index in [0.29, 0.717) is 11.4 Å². The number of carbonyl (C=O) groups excluding carboxylic acids is 4. The monoisotopic (exact) mass is 617 g/mol. The molecule has 0 fully saturated rings. The highest BCUT2D eigenvalue weighted by molar-refractivity contribution is 7.09. The van der Waals surface area contributed by atoms with E-state index in [9.17, 15) is 24.3 Å². The maximum absolute atomic E-state index is 13.4. The lowest BCUT2D eigenvalue weighted by Crippen LogP contribution is -2.45. The SMILES string of the molecule is CC(C)[C@@H]1NC(=O)CN(C(=O)c2ccc(O)cn2)CCNC(=O)c2coc(n2)[C@H](Cc2ccccc2)NC(=O)c2csc1n2. The summed E-state index contributed by atoms with van der Waals surface area (Å²) >= 11 is 1.24. The summed E-state index contributed by atoms with van der Waals surface area (Å²) in [6.07, 6.45) is 2.68. The van der Waals surface area contributed by atoms with E-state index < -0.39 is 35.7 Å². The van der Waals surface area contributed by atoms with Crippen LogP contribution in [0.3, 0.4) is 0 Å². The minimum atomic E-state index is -0.706. The van der Waals surface area contributed by atoms with Crippen molar-refractivity contribution in [3.63, 3.8) is 0 Å². The molecule has 44 heavy (non-hydrogen) atoms. The molecule has 4 heterocycles. The Bertz CT molecular complexity index is 1640. The predicted octanol–water partition coefficient (Wildman–Crippen LogP) is 2.64. The number of nitrogens with one attached hydrogen (secondary N) is 3. The van der Waals surface area contributed by atoms with Crippen LogP contribution in [-0.4, -0.2) is 68.2 Å². The predicted molar refractivity (Wildman–Crippen MR) is 159 cm³/mol. The Kier molecular flexibility index (Phi) is 9.29. The number of carbonyl (C=O) groups is 4. The molecular weight excluding hydrogens is 586 g/mol. The summed E-state index contributed by atoms with van der Waals surface area (Å²) in [7, 11) is 0. The number of aromatic nitrogens is 3. The first-order chi connectivity index (χ1) is 21.2. The summed E-state index contributed by atoms with van der Waals surface area (Å²) in [5.74, 6) is -2.11. The van der Waals surface area contributed by atoms with Crippen LogP contribution in [-0.2, 0) is 11.2 Å². The highest BCUT2D eigenvalue weighted by atomic mass is 32.1. The molecule has 228 valence electrons. The molecule has 2 atom stereocenters. The maximum atomic E-state index is 13.4. The van der Waals surface area contributed by atoms with Crippen molar-refractivity contribution in [2.45, 2.75) is 32.4 Å². The molecule has 1 aliphatic rings. The number of fused-ring (bicyclic) bond motifs is 4. The second kappa shape index (κ2) is 13.5. The summed E-state index contributed by atoms with van der Waals surface area (Å²) in [6, 6.07) is 10.9. The van der Waals surface area contributed by atoms with Gasteiger partial charge in [-0.05, 0) is 23.6 Å². The minimum Gasteiger partial charge on any atom is -0.506 e. The molecule has 1 aromatic carbocycles. The molecule has 0 radical (unpaired) electrons. The van der Waals surface area contributed by atoms with Crippen LogP contribution in [0.1, 0.15) is 73.9 Å². The molecule has 5 rings (SSSR count). The molecule has 4 bridgehead atoms. The number of hydrogen-bond acceptors (Lipinski definition) is 10. The van der Waals surface area contributed by atoms with Gasteiger partial charge in [0.05, 0.1) is 18.8 Å². The van der Waals surface area contributed by atoms with Crippen molar-refractivity contribution in [2.24, 2.45) is 5.92 Å². The van der Waals surface area contributed by atoms with Gasteiger partial charge in [0, 0.05) is 24.9 Å². The summed E-state index contributed by atoms with van der Waals surface area (Å²) < 4.78 is 5.66.